The number of hydrogen-bond donors (Lipinski definition) is 1. The van der Waals surface area contributed by atoms with E-state index in [4.69, 9.17) is 5.73 Å². The monoisotopic (exact) mass is 249 g/mol. The van der Waals surface area contributed by atoms with Crippen LogP contribution in [0, 0.1) is 0 Å². The molecule has 2 nitrogen and oxygen atoms in total. The lowest BCUT2D eigenvalue weighted by Crippen LogP contribution is -2.14. The Hall–Kier alpha value is -1.10. The van der Waals surface area contributed by atoms with Crippen LogP contribution in [-0.4, -0.2) is 18.5 Å². The van der Waals surface area contributed by atoms with Crippen LogP contribution in [0.2, 0.25) is 0 Å². The van der Waals surface area contributed by atoms with E-state index in [0.717, 1.165) is 18.9 Å². The van der Waals surface area contributed by atoms with E-state index >= 15 is 0 Å². The van der Waals surface area contributed by atoms with Gasteiger partial charge in [0.1, 0.15) is 0 Å². The maximum Gasteiger partial charge on any atom is 0.409 e. The Balaban J connectivity index is 4.81. The van der Waals surface area contributed by atoms with Crippen molar-refractivity contribution in [2.24, 2.45) is 5.73 Å². The highest BCUT2D eigenvalue weighted by atomic mass is 19.4. The van der Waals surface area contributed by atoms with Crippen LogP contribution >= 0.6 is 0 Å². The fourth-order valence-corrected chi connectivity index (χ4v) is 1.30. The Bertz CT molecular complexity index is 316. The Morgan fingerprint density at radius 3 is 2.35 bits per heavy atom. The first-order valence-electron chi connectivity index (χ1n) is 5.50. The second-order valence-electron chi connectivity index (χ2n) is 3.77. The summed E-state index contributed by atoms with van der Waals surface area (Å²) in [5.74, 6) is -0.168. The van der Waals surface area contributed by atoms with Gasteiger partial charge in [-0.25, -0.2) is 0 Å². The largest absolute Gasteiger partial charge is 0.409 e. The van der Waals surface area contributed by atoms with E-state index in [1.54, 1.807) is 0 Å². The van der Waals surface area contributed by atoms with Crippen LogP contribution in [0.25, 0.3) is 0 Å². The number of rotatable bonds is 6. The molecule has 98 valence electrons. The molecule has 0 spiro atoms. The number of allylic oxidation sites excluding steroid dienone is 3. The van der Waals surface area contributed by atoms with Gasteiger partial charge in [0.05, 0.1) is 0 Å². The van der Waals surface area contributed by atoms with E-state index in [-0.39, 0.29) is 29.6 Å². The quantitative estimate of drug-likeness (QED) is 0.580. The second kappa shape index (κ2) is 7.27. The van der Waals surface area contributed by atoms with Crippen molar-refractivity contribution in [3.63, 3.8) is 0 Å². The third-order valence-electron chi connectivity index (χ3n) is 2.30. The van der Waals surface area contributed by atoms with Crippen molar-refractivity contribution in [2.75, 3.05) is 6.54 Å². The van der Waals surface area contributed by atoms with Gasteiger partial charge in [0.2, 0.25) is 0 Å². The number of carbonyl (C=O) groups is 1. The minimum Gasteiger partial charge on any atom is -0.326 e. The summed E-state index contributed by atoms with van der Waals surface area (Å²) in [5, 5.41) is 0. The molecule has 0 saturated carbocycles. The smallest absolute Gasteiger partial charge is 0.326 e. The summed E-state index contributed by atoms with van der Waals surface area (Å²) in [6, 6.07) is 0. The third-order valence-corrected chi connectivity index (χ3v) is 2.30. The van der Waals surface area contributed by atoms with Crippen LogP contribution in [0.5, 0.6) is 0 Å². The molecule has 0 fully saturated rings. The van der Waals surface area contributed by atoms with E-state index in [2.05, 4.69) is 0 Å². The fourth-order valence-electron chi connectivity index (χ4n) is 1.30. The van der Waals surface area contributed by atoms with E-state index < -0.39 is 6.18 Å². The predicted molar refractivity (Wildman–Crippen MR) is 61.5 cm³/mol. The normalized spacial score (nSPS) is 14.0. The number of ketones is 1. The molecule has 0 radical (unpaired) electrons. The van der Waals surface area contributed by atoms with Crippen molar-refractivity contribution in [3.05, 3.63) is 23.3 Å². The van der Waals surface area contributed by atoms with Gasteiger partial charge in [0.25, 0.3) is 0 Å². The van der Waals surface area contributed by atoms with Gasteiger partial charge in [-0.05, 0) is 18.9 Å². The molecule has 0 atom stereocenters. The summed E-state index contributed by atoms with van der Waals surface area (Å²) in [6.07, 6.45) is -1.44. The maximum absolute atomic E-state index is 12.0. The van der Waals surface area contributed by atoms with E-state index in [9.17, 15) is 18.0 Å². The summed E-state index contributed by atoms with van der Waals surface area (Å²) < 4.78 is 35.9. The molecule has 0 aliphatic carbocycles. The molecule has 5 heteroatoms. The molecule has 0 aliphatic rings. The number of Topliss-reactive ketones (excluding diaryl/α,β-unsaturated/α-hetero) is 1. The molecular weight excluding hydrogens is 231 g/mol. The molecule has 17 heavy (non-hydrogen) atoms. The number of halogens is 3. The van der Waals surface area contributed by atoms with Crippen molar-refractivity contribution in [1.82, 2.24) is 0 Å². The van der Waals surface area contributed by atoms with Crippen LogP contribution in [0.3, 0.4) is 0 Å². The molecule has 0 aromatic rings. The lowest BCUT2D eigenvalue weighted by atomic mass is 10.0. The first-order chi connectivity index (χ1) is 7.81. The number of unbranched alkanes of at least 4 members (excludes halogenated alkanes) is 1. The topological polar surface area (TPSA) is 43.1 Å². The average molecular weight is 249 g/mol. The van der Waals surface area contributed by atoms with E-state index in [0.29, 0.717) is 6.42 Å². The van der Waals surface area contributed by atoms with Crippen LogP contribution in [0.4, 0.5) is 13.2 Å². The van der Waals surface area contributed by atoms with Crippen LogP contribution < -0.4 is 5.73 Å². The highest BCUT2D eigenvalue weighted by Crippen LogP contribution is 2.18. The van der Waals surface area contributed by atoms with Crippen LogP contribution in [-0.2, 0) is 4.79 Å². The summed E-state index contributed by atoms with van der Waals surface area (Å²) in [5.41, 5.74) is 5.95. The van der Waals surface area contributed by atoms with Gasteiger partial charge < -0.3 is 5.73 Å². The number of hydrogen-bond acceptors (Lipinski definition) is 2. The predicted octanol–water partition coefficient (Wildman–Crippen LogP) is 3.14. The van der Waals surface area contributed by atoms with Crippen LogP contribution in [0.1, 0.15) is 33.1 Å². The summed E-state index contributed by atoms with van der Waals surface area (Å²) in [6.45, 7) is 3.38. The molecular formula is C12H18F3NO. The third kappa shape index (κ3) is 6.94. The standard InChI is InChI=1S/C12H18F3NO/c1-3-4-5-11(17)10(8-16)9(2)6-7-12(13,14)15/h6-7H,3-5,8,16H2,1-2H3. The molecule has 0 bridgehead atoms. The van der Waals surface area contributed by atoms with Gasteiger partial charge in [0, 0.05) is 24.6 Å². The Morgan fingerprint density at radius 1 is 1.35 bits per heavy atom. The Kier molecular flexibility index (Phi) is 6.80. The van der Waals surface area contributed by atoms with E-state index in [1.165, 1.54) is 6.92 Å². The van der Waals surface area contributed by atoms with Gasteiger partial charge in [-0.2, -0.15) is 13.2 Å². The number of nitrogens with two attached hydrogens (primary N) is 1. The zero-order valence-corrected chi connectivity index (χ0v) is 10.1. The fraction of sp³-hybridized carbons (Fsp3) is 0.583. The molecule has 0 rings (SSSR count). The number of alkyl halides is 3. The van der Waals surface area contributed by atoms with E-state index in [1.807, 2.05) is 6.92 Å². The van der Waals surface area contributed by atoms with Crippen molar-refractivity contribution in [2.45, 2.75) is 39.3 Å². The van der Waals surface area contributed by atoms with Crippen molar-refractivity contribution in [1.29, 1.82) is 0 Å². The SMILES string of the molecule is CCCCC(=O)C(CN)=C(C)C=CC(F)(F)F. The summed E-state index contributed by atoms with van der Waals surface area (Å²) >= 11 is 0. The van der Waals surface area contributed by atoms with Gasteiger partial charge >= 0.3 is 6.18 Å². The molecule has 0 aromatic heterocycles. The van der Waals surface area contributed by atoms with Gasteiger partial charge in [-0.3, -0.25) is 4.79 Å². The molecule has 0 unspecified atom stereocenters. The van der Waals surface area contributed by atoms with Crippen molar-refractivity contribution < 1.29 is 18.0 Å². The van der Waals surface area contributed by atoms with Gasteiger partial charge in [0.15, 0.2) is 5.78 Å². The van der Waals surface area contributed by atoms with Crippen molar-refractivity contribution in [3.8, 4) is 0 Å². The number of carbonyl (C=O) groups excluding carboxylic acids is 1. The summed E-state index contributed by atoms with van der Waals surface area (Å²) in [4.78, 5) is 11.6. The van der Waals surface area contributed by atoms with Gasteiger partial charge in [-0.1, -0.05) is 19.4 Å². The van der Waals surface area contributed by atoms with Gasteiger partial charge in [-0.15, -0.1) is 0 Å². The lowest BCUT2D eigenvalue weighted by molar-refractivity contribution is -0.115. The highest BCUT2D eigenvalue weighted by molar-refractivity contribution is 5.96. The highest BCUT2D eigenvalue weighted by Gasteiger charge is 2.22. The molecule has 2 N–H and O–H groups in total. The maximum atomic E-state index is 12.0. The first-order valence-corrected chi connectivity index (χ1v) is 5.50. The molecule has 0 aliphatic heterocycles. The zero-order valence-electron chi connectivity index (χ0n) is 10.1. The lowest BCUT2D eigenvalue weighted by Gasteiger charge is -2.06. The molecule has 0 heterocycles. The Morgan fingerprint density at radius 2 is 1.94 bits per heavy atom. The molecule has 0 aromatic carbocycles. The van der Waals surface area contributed by atoms with Crippen molar-refractivity contribution >= 4 is 5.78 Å². The first kappa shape index (κ1) is 15.9. The molecule has 0 saturated heterocycles. The second-order valence-corrected chi connectivity index (χ2v) is 3.77. The Labute approximate surface area is 99.4 Å². The van der Waals surface area contributed by atoms with Crippen LogP contribution in [0.15, 0.2) is 23.3 Å². The summed E-state index contributed by atoms with van der Waals surface area (Å²) in [7, 11) is 0. The zero-order chi connectivity index (χ0) is 13.5. The minimum absolute atomic E-state index is 0.0312. The molecule has 0 amide bonds. The average Bonchev–Trinajstić information content (AvgIpc) is 2.23. The minimum atomic E-state index is -4.37.